The van der Waals surface area contributed by atoms with Crippen LogP contribution >= 0.6 is 11.8 Å². The zero-order chi connectivity index (χ0) is 15.0. The van der Waals surface area contributed by atoms with Crippen molar-refractivity contribution in [3.05, 3.63) is 0 Å². The first-order valence-electron chi connectivity index (χ1n) is 7.38. The summed E-state index contributed by atoms with van der Waals surface area (Å²) in [5.41, 5.74) is 1.05. The van der Waals surface area contributed by atoms with Crippen molar-refractivity contribution < 1.29 is 9.37 Å². The third kappa shape index (κ3) is 2.58. The summed E-state index contributed by atoms with van der Waals surface area (Å²) < 4.78 is 10.0. The second-order valence-electron chi connectivity index (χ2n) is 6.06. The van der Waals surface area contributed by atoms with E-state index in [9.17, 15) is 0 Å². The lowest BCUT2D eigenvalue weighted by Gasteiger charge is -2.38. The Morgan fingerprint density at radius 2 is 1.91 bits per heavy atom. The van der Waals surface area contributed by atoms with Gasteiger partial charge in [0.15, 0.2) is 11.6 Å². The lowest BCUT2D eigenvalue weighted by molar-refractivity contribution is -0.0924. The van der Waals surface area contributed by atoms with Gasteiger partial charge in [-0.25, -0.2) is 14.6 Å². The largest absolute Gasteiger partial charge is 0.380 e. The predicted molar refractivity (Wildman–Crippen MR) is 84.3 cm³/mol. The van der Waals surface area contributed by atoms with Crippen LogP contribution in [0.4, 0.5) is 11.6 Å². The van der Waals surface area contributed by atoms with Crippen LogP contribution in [0.5, 0.6) is 0 Å². The normalized spacial score (nSPS) is 20.9. The van der Waals surface area contributed by atoms with Gasteiger partial charge in [-0.15, -0.1) is 0 Å². The summed E-state index contributed by atoms with van der Waals surface area (Å²) in [6.45, 7) is 6.47. The van der Waals surface area contributed by atoms with Gasteiger partial charge >= 0.3 is 0 Å². The van der Waals surface area contributed by atoms with Gasteiger partial charge in [-0.3, -0.25) is 0 Å². The molecule has 2 aliphatic heterocycles. The van der Waals surface area contributed by atoms with Crippen LogP contribution in [-0.4, -0.2) is 64.6 Å². The Morgan fingerprint density at radius 1 is 1.18 bits per heavy atom. The summed E-state index contributed by atoms with van der Waals surface area (Å²) in [6.07, 6.45) is 0. The molecule has 0 unspecified atom stereocenters. The lowest BCUT2D eigenvalue weighted by atomic mass is 9.89. The molecule has 0 spiro atoms. The van der Waals surface area contributed by atoms with Crippen molar-refractivity contribution >= 4 is 34.7 Å². The van der Waals surface area contributed by atoms with Crippen molar-refractivity contribution in [2.75, 3.05) is 54.6 Å². The zero-order valence-corrected chi connectivity index (χ0v) is 13.2. The fourth-order valence-corrected chi connectivity index (χ4v) is 3.50. The predicted octanol–water partition coefficient (Wildman–Crippen LogP) is 1.01. The minimum absolute atomic E-state index is 0.160. The summed E-state index contributed by atoms with van der Waals surface area (Å²) in [5.74, 6) is 3.79. The van der Waals surface area contributed by atoms with Crippen molar-refractivity contribution in [3.8, 4) is 0 Å². The molecule has 118 valence electrons. The van der Waals surface area contributed by atoms with E-state index in [1.165, 1.54) is 0 Å². The van der Waals surface area contributed by atoms with Gasteiger partial charge in [0, 0.05) is 36.6 Å². The van der Waals surface area contributed by atoms with Crippen LogP contribution in [0.25, 0.3) is 11.3 Å². The Labute approximate surface area is 132 Å². The molecule has 2 aromatic rings. The molecule has 22 heavy (non-hydrogen) atoms. The Balaban J connectivity index is 1.63. The van der Waals surface area contributed by atoms with Crippen LogP contribution in [0.2, 0.25) is 0 Å². The van der Waals surface area contributed by atoms with E-state index in [0.717, 1.165) is 56.0 Å². The van der Waals surface area contributed by atoms with Gasteiger partial charge in [-0.1, -0.05) is 6.92 Å². The van der Waals surface area contributed by atoms with Crippen LogP contribution in [0, 0.1) is 5.41 Å². The van der Waals surface area contributed by atoms with E-state index in [2.05, 4.69) is 37.4 Å². The molecule has 9 heteroatoms. The fraction of sp³-hybridized carbons (Fsp3) is 0.692. The average Bonchev–Trinajstić information content (AvgIpc) is 2.98. The van der Waals surface area contributed by atoms with E-state index < -0.39 is 0 Å². The first-order chi connectivity index (χ1) is 10.7. The topological polar surface area (TPSA) is 89.2 Å². The van der Waals surface area contributed by atoms with Crippen molar-refractivity contribution in [1.29, 1.82) is 0 Å². The van der Waals surface area contributed by atoms with E-state index >= 15 is 0 Å². The number of fused-ring (bicyclic) bond motifs is 1. The highest BCUT2D eigenvalue weighted by Gasteiger charge is 2.33. The number of hydrogen-bond donors (Lipinski definition) is 1. The van der Waals surface area contributed by atoms with Gasteiger partial charge < -0.3 is 15.0 Å². The highest BCUT2D eigenvalue weighted by molar-refractivity contribution is 7.99. The molecule has 0 atom stereocenters. The van der Waals surface area contributed by atoms with Gasteiger partial charge in [-0.2, -0.15) is 11.8 Å². The molecule has 0 aliphatic carbocycles. The standard InChI is InChI=1S/C13H18N6O2S/c1-13(7-20-8-13)6-14-11-12(19-2-4-22-5-3-19)16-10-9(15-11)17-21-18-10/h2-8H2,1H3,(H,14,15,17). The highest BCUT2D eigenvalue weighted by Crippen LogP contribution is 2.30. The number of thioether (sulfide) groups is 1. The van der Waals surface area contributed by atoms with Crippen LogP contribution in [-0.2, 0) is 4.74 Å². The Kier molecular flexibility index (Phi) is 3.53. The molecular formula is C13H18N6O2S. The summed E-state index contributed by atoms with van der Waals surface area (Å²) in [4.78, 5) is 11.4. The lowest BCUT2D eigenvalue weighted by Crippen LogP contribution is -2.45. The first kappa shape index (κ1) is 14.0. The second-order valence-corrected chi connectivity index (χ2v) is 7.29. The molecule has 4 rings (SSSR count). The number of hydrogen-bond acceptors (Lipinski definition) is 9. The number of ether oxygens (including phenoxy) is 1. The molecule has 2 saturated heterocycles. The Hall–Kier alpha value is -1.61. The monoisotopic (exact) mass is 322 g/mol. The van der Waals surface area contributed by atoms with Crippen molar-refractivity contribution in [1.82, 2.24) is 20.3 Å². The summed E-state index contributed by atoms with van der Waals surface area (Å²) in [5, 5.41) is 11.0. The van der Waals surface area contributed by atoms with Crippen molar-refractivity contribution in [2.45, 2.75) is 6.92 Å². The number of nitrogens with one attached hydrogen (secondary N) is 1. The molecule has 2 aliphatic rings. The second kappa shape index (κ2) is 5.54. The summed E-state index contributed by atoms with van der Waals surface area (Å²) in [6, 6.07) is 0. The van der Waals surface area contributed by atoms with Gasteiger partial charge in [0.1, 0.15) is 0 Å². The van der Waals surface area contributed by atoms with Gasteiger partial charge in [0.2, 0.25) is 11.3 Å². The minimum Gasteiger partial charge on any atom is -0.380 e. The molecular weight excluding hydrogens is 304 g/mol. The molecule has 0 radical (unpaired) electrons. The van der Waals surface area contributed by atoms with E-state index in [1.54, 1.807) is 0 Å². The van der Waals surface area contributed by atoms with E-state index in [4.69, 9.17) is 9.37 Å². The zero-order valence-electron chi connectivity index (χ0n) is 12.4. The van der Waals surface area contributed by atoms with Gasteiger partial charge in [0.05, 0.1) is 13.2 Å². The molecule has 1 N–H and O–H groups in total. The third-order valence-corrected chi connectivity index (χ3v) is 4.93. The van der Waals surface area contributed by atoms with Crippen LogP contribution < -0.4 is 10.2 Å². The maximum atomic E-state index is 5.30. The molecule has 0 bridgehead atoms. The molecule has 4 heterocycles. The fourth-order valence-electron chi connectivity index (χ4n) is 2.59. The van der Waals surface area contributed by atoms with Crippen LogP contribution in [0.15, 0.2) is 4.63 Å². The minimum atomic E-state index is 0.160. The molecule has 0 aromatic carbocycles. The first-order valence-corrected chi connectivity index (χ1v) is 8.54. The number of anilines is 2. The number of aromatic nitrogens is 4. The molecule has 8 nitrogen and oxygen atoms in total. The van der Waals surface area contributed by atoms with E-state index in [0.29, 0.717) is 11.3 Å². The van der Waals surface area contributed by atoms with Crippen LogP contribution in [0.3, 0.4) is 0 Å². The maximum Gasteiger partial charge on any atom is 0.245 e. The molecule has 0 saturated carbocycles. The van der Waals surface area contributed by atoms with Gasteiger partial charge in [-0.05, 0) is 10.3 Å². The van der Waals surface area contributed by atoms with E-state index in [1.807, 2.05) is 11.8 Å². The maximum absolute atomic E-state index is 5.30. The van der Waals surface area contributed by atoms with Crippen molar-refractivity contribution in [2.24, 2.45) is 5.41 Å². The van der Waals surface area contributed by atoms with E-state index in [-0.39, 0.29) is 5.41 Å². The quantitative estimate of drug-likeness (QED) is 0.885. The average molecular weight is 322 g/mol. The molecule has 0 amide bonds. The third-order valence-electron chi connectivity index (χ3n) is 3.99. The molecule has 2 aromatic heterocycles. The SMILES string of the molecule is CC1(CNc2nc3nonc3nc2N2CCSCC2)COC1. The Bertz CT molecular complexity index is 668. The van der Waals surface area contributed by atoms with Gasteiger partial charge in [0.25, 0.3) is 0 Å². The molecule has 2 fully saturated rings. The van der Waals surface area contributed by atoms with Crippen molar-refractivity contribution in [3.63, 3.8) is 0 Å². The smallest absolute Gasteiger partial charge is 0.245 e. The Morgan fingerprint density at radius 3 is 2.59 bits per heavy atom. The highest BCUT2D eigenvalue weighted by atomic mass is 32.2. The summed E-state index contributed by atoms with van der Waals surface area (Å²) >= 11 is 1.96. The van der Waals surface area contributed by atoms with Crippen LogP contribution in [0.1, 0.15) is 6.92 Å². The number of nitrogens with zero attached hydrogens (tertiary/aromatic N) is 5. The summed E-state index contributed by atoms with van der Waals surface area (Å²) in [7, 11) is 0. The number of rotatable bonds is 4.